The Morgan fingerprint density at radius 2 is 1.75 bits per heavy atom. The van der Waals surface area contributed by atoms with Gasteiger partial charge in [-0.05, 0) is 55.1 Å². The molecule has 0 amide bonds. The van der Waals surface area contributed by atoms with Crippen LogP contribution in [0.3, 0.4) is 0 Å². The van der Waals surface area contributed by atoms with Gasteiger partial charge in [0.2, 0.25) is 0 Å². The Labute approximate surface area is 142 Å². The van der Waals surface area contributed by atoms with Gasteiger partial charge >= 0.3 is 6.18 Å². The molecule has 4 heteroatoms. The number of benzene rings is 1. The molecule has 0 N–H and O–H groups in total. The Bertz CT molecular complexity index is 497. The summed E-state index contributed by atoms with van der Waals surface area (Å²) in [6.07, 6.45) is 3.22. The van der Waals surface area contributed by atoms with E-state index in [-0.39, 0.29) is 0 Å². The van der Waals surface area contributed by atoms with E-state index in [9.17, 15) is 13.2 Å². The van der Waals surface area contributed by atoms with Gasteiger partial charge in [0, 0.05) is 6.61 Å². The van der Waals surface area contributed by atoms with E-state index in [1.807, 2.05) is 0 Å². The maximum atomic E-state index is 12.2. The van der Waals surface area contributed by atoms with Crippen LogP contribution in [-0.4, -0.2) is 12.8 Å². The molecule has 1 fully saturated rings. The molecular weight excluding hydrogens is 313 g/mol. The van der Waals surface area contributed by atoms with Crippen molar-refractivity contribution in [2.75, 3.05) is 6.61 Å². The summed E-state index contributed by atoms with van der Waals surface area (Å²) in [5.74, 6) is 0.827. The summed E-state index contributed by atoms with van der Waals surface area (Å²) in [5, 5.41) is 0. The van der Waals surface area contributed by atoms with Crippen LogP contribution in [0.5, 0.6) is 0 Å². The van der Waals surface area contributed by atoms with Gasteiger partial charge in [0.1, 0.15) is 0 Å². The maximum Gasteiger partial charge on any atom is 0.392 e. The highest BCUT2D eigenvalue weighted by atomic mass is 19.4. The van der Waals surface area contributed by atoms with E-state index in [0.29, 0.717) is 18.4 Å². The Balaban J connectivity index is 1.77. The average Bonchev–Trinajstić information content (AvgIpc) is 2.55. The molecule has 0 aromatic heterocycles. The number of rotatable bonds is 7. The fourth-order valence-corrected chi connectivity index (χ4v) is 3.26. The van der Waals surface area contributed by atoms with Gasteiger partial charge in [0.05, 0.1) is 13.0 Å². The lowest BCUT2D eigenvalue weighted by Gasteiger charge is -2.27. The van der Waals surface area contributed by atoms with E-state index in [1.165, 1.54) is 17.2 Å². The summed E-state index contributed by atoms with van der Waals surface area (Å²) in [7, 11) is 0. The molecule has 24 heavy (non-hydrogen) atoms. The molecule has 0 aliphatic heterocycles. The fourth-order valence-electron chi connectivity index (χ4n) is 3.26. The molecule has 1 saturated carbocycles. The van der Waals surface area contributed by atoms with Crippen molar-refractivity contribution in [1.29, 1.82) is 0 Å². The van der Waals surface area contributed by atoms with Gasteiger partial charge in [-0.2, -0.15) is 13.2 Å². The average molecular weight is 340 g/mol. The van der Waals surface area contributed by atoms with Crippen molar-refractivity contribution < 1.29 is 17.9 Å². The van der Waals surface area contributed by atoms with Gasteiger partial charge in [-0.1, -0.05) is 43.3 Å². The highest BCUT2D eigenvalue weighted by molar-refractivity contribution is 5.25. The summed E-state index contributed by atoms with van der Waals surface area (Å²) in [6.45, 7) is 3.54. The third kappa shape index (κ3) is 6.68. The molecule has 1 aromatic rings. The Morgan fingerprint density at radius 1 is 1.08 bits per heavy atom. The minimum Gasteiger partial charge on any atom is -0.377 e. The van der Waals surface area contributed by atoms with Crippen LogP contribution in [0, 0.1) is 5.92 Å². The van der Waals surface area contributed by atoms with Crippen molar-refractivity contribution in [3.63, 3.8) is 0 Å². The van der Waals surface area contributed by atoms with Gasteiger partial charge in [-0.15, -0.1) is 0 Å². The van der Waals surface area contributed by atoms with Crippen LogP contribution in [0.15, 0.2) is 36.4 Å². The van der Waals surface area contributed by atoms with Crippen molar-refractivity contribution in [3.05, 3.63) is 47.5 Å². The standard InChI is InChI=1S/C20H27F3O/c1-2-14-24-15-17-7-11-19(12-8-17)18-9-5-16(6-10-18)4-3-13-20(21,22)23/h3-4,7-8,11-12,16,18H,2,5-6,9-10,13-15H2,1H3/t16-,18-. The minimum atomic E-state index is -4.09. The molecule has 0 bridgehead atoms. The van der Waals surface area contributed by atoms with Gasteiger partial charge in [-0.3, -0.25) is 0 Å². The first-order valence-corrected chi connectivity index (χ1v) is 8.88. The first kappa shape index (κ1) is 19.0. The number of hydrogen-bond acceptors (Lipinski definition) is 1. The summed E-state index contributed by atoms with van der Waals surface area (Å²) in [6, 6.07) is 8.60. The van der Waals surface area contributed by atoms with Crippen LogP contribution in [0.1, 0.15) is 62.5 Å². The predicted molar refractivity (Wildman–Crippen MR) is 90.9 cm³/mol. The van der Waals surface area contributed by atoms with E-state index >= 15 is 0 Å². The molecular formula is C20H27F3O. The summed E-state index contributed by atoms with van der Waals surface area (Å²) >= 11 is 0. The number of ether oxygens (including phenoxy) is 1. The quantitative estimate of drug-likeness (QED) is 0.412. The SMILES string of the molecule is CCCOCc1ccc([C@H]2CC[C@H](C=CCC(F)(F)F)CC2)cc1. The van der Waals surface area contributed by atoms with Crippen molar-refractivity contribution >= 4 is 0 Å². The number of hydrogen-bond donors (Lipinski definition) is 0. The fraction of sp³-hybridized carbons (Fsp3) is 0.600. The molecule has 0 unspecified atom stereocenters. The Kier molecular flexibility index (Phi) is 7.35. The molecule has 0 atom stereocenters. The lowest BCUT2D eigenvalue weighted by Crippen LogP contribution is -2.12. The molecule has 1 nitrogen and oxygen atoms in total. The molecule has 1 aromatic carbocycles. The van der Waals surface area contributed by atoms with Crippen molar-refractivity contribution in [1.82, 2.24) is 0 Å². The molecule has 134 valence electrons. The molecule has 0 radical (unpaired) electrons. The monoisotopic (exact) mass is 340 g/mol. The molecule has 1 aliphatic carbocycles. The minimum absolute atomic E-state index is 0.297. The smallest absolute Gasteiger partial charge is 0.377 e. The third-order valence-electron chi connectivity index (χ3n) is 4.60. The lowest BCUT2D eigenvalue weighted by atomic mass is 9.78. The highest BCUT2D eigenvalue weighted by Gasteiger charge is 2.25. The van der Waals surface area contributed by atoms with E-state index < -0.39 is 12.6 Å². The van der Waals surface area contributed by atoms with E-state index in [2.05, 4.69) is 31.2 Å². The second kappa shape index (κ2) is 9.26. The van der Waals surface area contributed by atoms with Crippen LogP contribution < -0.4 is 0 Å². The summed E-state index contributed by atoms with van der Waals surface area (Å²) in [5.41, 5.74) is 2.53. The van der Waals surface area contributed by atoms with Crippen LogP contribution in [0.2, 0.25) is 0 Å². The number of alkyl halides is 3. The normalized spacial score (nSPS) is 22.2. The van der Waals surface area contributed by atoms with Crippen LogP contribution in [0.4, 0.5) is 13.2 Å². The zero-order valence-electron chi connectivity index (χ0n) is 14.3. The van der Waals surface area contributed by atoms with Gasteiger partial charge < -0.3 is 4.74 Å². The van der Waals surface area contributed by atoms with E-state index in [4.69, 9.17) is 4.74 Å². The van der Waals surface area contributed by atoms with E-state index in [0.717, 1.165) is 38.7 Å². The van der Waals surface area contributed by atoms with E-state index in [1.54, 1.807) is 6.08 Å². The third-order valence-corrected chi connectivity index (χ3v) is 4.60. The van der Waals surface area contributed by atoms with Crippen LogP contribution in [0.25, 0.3) is 0 Å². The second-order valence-corrected chi connectivity index (χ2v) is 6.65. The highest BCUT2D eigenvalue weighted by Crippen LogP contribution is 2.36. The molecule has 2 rings (SSSR count). The number of allylic oxidation sites excluding steroid dienone is 2. The van der Waals surface area contributed by atoms with Crippen LogP contribution in [-0.2, 0) is 11.3 Å². The molecule has 0 heterocycles. The molecule has 0 spiro atoms. The topological polar surface area (TPSA) is 9.23 Å². The Morgan fingerprint density at radius 3 is 2.33 bits per heavy atom. The largest absolute Gasteiger partial charge is 0.392 e. The first-order valence-electron chi connectivity index (χ1n) is 8.88. The predicted octanol–water partition coefficient (Wildman–Crippen LogP) is 6.40. The van der Waals surface area contributed by atoms with Crippen molar-refractivity contribution in [3.8, 4) is 0 Å². The second-order valence-electron chi connectivity index (χ2n) is 6.65. The maximum absolute atomic E-state index is 12.2. The van der Waals surface area contributed by atoms with Gasteiger partial charge in [0.25, 0.3) is 0 Å². The lowest BCUT2D eigenvalue weighted by molar-refractivity contribution is -0.125. The molecule has 1 aliphatic rings. The zero-order chi connectivity index (χ0) is 17.4. The van der Waals surface area contributed by atoms with Gasteiger partial charge in [0.15, 0.2) is 0 Å². The summed E-state index contributed by atoms with van der Waals surface area (Å²) in [4.78, 5) is 0. The van der Waals surface area contributed by atoms with Crippen molar-refractivity contribution in [2.24, 2.45) is 5.92 Å². The number of halogens is 3. The Hall–Kier alpha value is -1.29. The zero-order valence-corrected chi connectivity index (χ0v) is 14.3. The molecule has 0 saturated heterocycles. The van der Waals surface area contributed by atoms with Crippen LogP contribution >= 0.6 is 0 Å². The van der Waals surface area contributed by atoms with Gasteiger partial charge in [-0.25, -0.2) is 0 Å². The summed E-state index contributed by atoms with van der Waals surface area (Å²) < 4.78 is 42.0. The first-order chi connectivity index (χ1) is 11.5. The van der Waals surface area contributed by atoms with Crippen molar-refractivity contribution in [2.45, 2.75) is 64.1 Å².